The molecule has 0 saturated carbocycles. The number of aryl methyl sites for hydroxylation is 1. The van der Waals surface area contributed by atoms with Crippen LogP contribution in [0.2, 0.25) is 0 Å². The van der Waals surface area contributed by atoms with Crippen LogP contribution in [-0.2, 0) is 11.3 Å². The highest BCUT2D eigenvalue weighted by Crippen LogP contribution is 2.15. The Morgan fingerprint density at radius 2 is 1.88 bits per heavy atom. The van der Waals surface area contributed by atoms with E-state index in [1.807, 2.05) is 50.4 Å². The second kappa shape index (κ2) is 8.64. The maximum atomic E-state index is 12.6. The first-order chi connectivity index (χ1) is 11.5. The zero-order valence-corrected chi connectivity index (χ0v) is 15.2. The molecule has 0 radical (unpaired) electrons. The van der Waals surface area contributed by atoms with Crippen LogP contribution < -0.4 is 10.6 Å². The van der Waals surface area contributed by atoms with E-state index < -0.39 is 6.04 Å². The number of hydrogen-bond acceptors (Lipinski definition) is 3. The molecule has 2 atom stereocenters. The molecule has 1 heterocycles. The van der Waals surface area contributed by atoms with Crippen LogP contribution >= 0.6 is 11.3 Å². The van der Waals surface area contributed by atoms with Crippen LogP contribution in [0.25, 0.3) is 0 Å². The number of hydrogen-bond donors (Lipinski definition) is 2. The Balaban J connectivity index is 2.03. The molecule has 2 rings (SSSR count). The highest BCUT2D eigenvalue weighted by atomic mass is 32.1. The van der Waals surface area contributed by atoms with Gasteiger partial charge in [-0.2, -0.15) is 0 Å². The van der Waals surface area contributed by atoms with Gasteiger partial charge in [0.25, 0.3) is 5.91 Å². The normalized spacial score (nSPS) is 13.1. The molecule has 24 heavy (non-hydrogen) atoms. The van der Waals surface area contributed by atoms with Crippen molar-refractivity contribution in [2.45, 2.75) is 39.8 Å². The van der Waals surface area contributed by atoms with Gasteiger partial charge in [0.2, 0.25) is 5.91 Å². The van der Waals surface area contributed by atoms with E-state index in [1.54, 1.807) is 23.5 Å². The fraction of sp³-hybridized carbons (Fsp3) is 0.368. The van der Waals surface area contributed by atoms with Gasteiger partial charge in [0.15, 0.2) is 0 Å². The molecule has 1 aromatic heterocycles. The summed E-state index contributed by atoms with van der Waals surface area (Å²) in [6.07, 6.45) is 0.811. The molecule has 0 spiro atoms. The first kappa shape index (κ1) is 18.2. The van der Waals surface area contributed by atoms with Crippen molar-refractivity contribution in [2.24, 2.45) is 5.92 Å². The Bertz CT molecular complexity index is 682. The third kappa shape index (κ3) is 4.68. The second-order valence-corrected chi connectivity index (χ2v) is 6.95. The fourth-order valence-electron chi connectivity index (χ4n) is 2.38. The molecule has 0 fully saturated rings. The Kier molecular flexibility index (Phi) is 6.55. The van der Waals surface area contributed by atoms with E-state index in [9.17, 15) is 9.59 Å². The maximum absolute atomic E-state index is 12.6. The SMILES string of the molecule is CCC(C)C(NC(=O)c1ccccc1)C(=O)NCc1sccc1C. The largest absolute Gasteiger partial charge is 0.349 e. The lowest BCUT2D eigenvalue weighted by Gasteiger charge is -2.23. The Hall–Kier alpha value is -2.14. The zero-order chi connectivity index (χ0) is 17.5. The smallest absolute Gasteiger partial charge is 0.251 e. The molecule has 2 N–H and O–H groups in total. The van der Waals surface area contributed by atoms with E-state index in [4.69, 9.17) is 0 Å². The van der Waals surface area contributed by atoms with Crippen LogP contribution in [0, 0.1) is 12.8 Å². The number of carbonyl (C=O) groups is 2. The summed E-state index contributed by atoms with van der Waals surface area (Å²) in [5.41, 5.74) is 1.74. The Morgan fingerprint density at radius 3 is 2.46 bits per heavy atom. The van der Waals surface area contributed by atoms with Gasteiger partial charge >= 0.3 is 0 Å². The molecule has 2 unspecified atom stereocenters. The van der Waals surface area contributed by atoms with Gasteiger partial charge < -0.3 is 10.6 Å². The minimum atomic E-state index is -0.539. The van der Waals surface area contributed by atoms with Crippen molar-refractivity contribution in [1.29, 1.82) is 0 Å². The van der Waals surface area contributed by atoms with Crippen LogP contribution in [0.4, 0.5) is 0 Å². The molecule has 5 heteroatoms. The summed E-state index contributed by atoms with van der Waals surface area (Å²) in [5, 5.41) is 7.85. The highest BCUT2D eigenvalue weighted by molar-refractivity contribution is 7.10. The first-order valence-corrected chi connectivity index (χ1v) is 9.07. The number of thiophene rings is 1. The number of benzene rings is 1. The van der Waals surface area contributed by atoms with Crippen molar-refractivity contribution in [3.63, 3.8) is 0 Å². The molecule has 0 aliphatic carbocycles. The summed E-state index contributed by atoms with van der Waals surface area (Å²) >= 11 is 1.63. The Morgan fingerprint density at radius 1 is 1.17 bits per heavy atom. The van der Waals surface area contributed by atoms with Crippen molar-refractivity contribution in [3.8, 4) is 0 Å². The molecule has 0 bridgehead atoms. The minimum Gasteiger partial charge on any atom is -0.349 e. The molecule has 1 aromatic carbocycles. The van der Waals surface area contributed by atoms with E-state index in [0.29, 0.717) is 12.1 Å². The molecule has 128 valence electrons. The number of amides is 2. The van der Waals surface area contributed by atoms with Crippen LogP contribution in [-0.4, -0.2) is 17.9 Å². The molecule has 0 saturated heterocycles. The molecule has 2 aromatic rings. The summed E-state index contributed by atoms with van der Waals surface area (Å²) in [5.74, 6) is -0.299. The predicted octanol–water partition coefficient (Wildman–Crippen LogP) is 3.52. The quantitative estimate of drug-likeness (QED) is 0.807. The summed E-state index contributed by atoms with van der Waals surface area (Å²) in [6, 6.07) is 10.5. The first-order valence-electron chi connectivity index (χ1n) is 8.19. The molecular weight excluding hydrogens is 320 g/mol. The average molecular weight is 344 g/mol. The molecule has 4 nitrogen and oxygen atoms in total. The predicted molar refractivity (Wildman–Crippen MR) is 98.1 cm³/mol. The molecule has 0 aliphatic rings. The number of nitrogens with one attached hydrogen (secondary N) is 2. The second-order valence-electron chi connectivity index (χ2n) is 5.95. The van der Waals surface area contributed by atoms with Crippen molar-refractivity contribution in [1.82, 2.24) is 10.6 Å². The van der Waals surface area contributed by atoms with Gasteiger partial charge in [0.05, 0.1) is 6.54 Å². The lowest BCUT2D eigenvalue weighted by Crippen LogP contribution is -2.50. The zero-order valence-electron chi connectivity index (χ0n) is 14.3. The number of carbonyl (C=O) groups excluding carboxylic acids is 2. The summed E-state index contributed by atoms with van der Waals surface area (Å²) in [4.78, 5) is 26.1. The van der Waals surface area contributed by atoms with E-state index in [2.05, 4.69) is 10.6 Å². The van der Waals surface area contributed by atoms with Gasteiger partial charge in [-0.3, -0.25) is 9.59 Å². The standard InChI is InChI=1S/C19H24N2O2S/c1-4-13(2)17(21-18(22)15-8-6-5-7-9-15)19(23)20-12-16-14(3)10-11-24-16/h5-11,13,17H,4,12H2,1-3H3,(H,20,23)(H,21,22). The third-order valence-electron chi connectivity index (χ3n) is 4.21. The topological polar surface area (TPSA) is 58.2 Å². The lowest BCUT2D eigenvalue weighted by molar-refractivity contribution is -0.124. The number of rotatable bonds is 7. The summed E-state index contributed by atoms with van der Waals surface area (Å²) in [6.45, 7) is 6.52. The van der Waals surface area contributed by atoms with Gasteiger partial charge in [-0.15, -0.1) is 11.3 Å². The monoisotopic (exact) mass is 344 g/mol. The molecule has 0 aliphatic heterocycles. The van der Waals surface area contributed by atoms with Crippen LogP contribution in [0.5, 0.6) is 0 Å². The van der Waals surface area contributed by atoms with Crippen LogP contribution in [0.1, 0.15) is 41.1 Å². The average Bonchev–Trinajstić information content (AvgIpc) is 3.02. The van der Waals surface area contributed by atoms with E-state index in [-0.39, 0.29) is 17.7 Å². The summed E-state index contributed by atoms with van der Waals surface area (Å²) < 4.78 is 0. The van der Waals surface area contributed by atoms with Crippen molar-refractivity contribution >= 4 is 23.2 Å². The fourth-order valence-corrected chi connectivity index (χ4v) is 3.22. The third-order valence-corrected chi connectivity index (χ3v) is 5.23. The van der Waals surface area contributed by atoms with Crippen LogP contribution in [0.15, 0.2) is 41.8 Å². The van der Waals surface area contributed by atoms with Crippen molar-refractivity contribution in [3.05, 3.63) is 57.8 Å². The molecular formula is C19H24N2O2S. The van der Waals surface area contributed by atoms with Gasteiger partial charge in [-0.25, -0.2) is 0 Å². The van der Waals surface area contributed by atoms with E-state index in [1.165, 1.54) is 5.56 Å². The lowest BCUT2D eigenvalue weighted by atomic mass is 9.97. The Labute approximate surface area is 147 Å². The van der Waals surface area contributed by atoms with E-state index >= 15 is 0 Å². The minimum absolute atomic E-state index is 0.0575. The summed E-state index contributed by atoms with van der Waals surface area (Å²) in [7, 11) is 0. The highest BCUT2D eigenvalue weighted by Gasteiger charge is 2.26. The van der Waals surface area contributed by atoms with Gasteiger partial charge in [-0.1, -0.05) is 38.5 Å². The van der Waals surface area contributed by atoms with Gasteiger partial charge in [0, 0.05) is 10.4 Å². The molecule has 2 amide bonds. The van der Waals surface area contributed by atoms with Gasteiger partial charge in [0.1, 0.15) is 6.04 Å². The van der Waals surface area contributed by atoms with Crippen molar-refractivity contribution < 1.29 is 9.59 Å². The van der Waals surface area contributed by atoms with Gasteiger partial charge in [-0.05, 0) is 42.0 Å². The van der Waals surface area contributed by atoms with Crippen molar-refractivity contribution in [2.75, 3.05) is 0 Å². The maximum Gasteiger partial charge on any atom is 0.251 e. The van der Waals surface area contributed by atoms with Crippen LogP contribution in [0.3, 0.4) is 0 Å². The van der Waals surface area contributed by atoms with E-state index in [0.717, 1.165) is 11.3 Å².